The third kappa shape index (κ3) is 5.91. The molecule has 132 valence electrons. The Kier molecular flexibility index (Phi) is 7.03. The van der Waals surface area contributed by atoms with Gasteiger partial charge in [-0.05, 0) is 24.1 Å². The van der Waals surface area contributed by atoms with E-state index in [0.717, 1.165) is 30.7 Å². The van der Waals surface area contributed by atoms with Gasteiger partial charge < -0.3 is 0 Å². The number of nitrogens with zero attached hydrogens (tertiary/aromatic N) is 3. The van der Waals surface area contributed by atoms with Crippen molar-refractivity contribution in [1.82, 2.24) is 10.2 Å². The Bertz CT molecular complexity index is 791. The van der Waals surface area contributed by atoms with E-state index in [0.29, 0.717) is 10.7 Å². The van der Waals surface area contributed by atoms with Crippen LogP contribution in [0.4, 0.5) is 10.8 Å². The normalized spacial score (nSPS) is 11.0. The molecule has 0 fully saturated rings. The fourth-order valence-corrected chi connectivity index (χ4v) is 2.99. The lowest BCUT2D eigenvalue weighted by Crippen LogP contribution is -2.07. The second-order valence-corrected chi connectivity index (χ2v) is 6.72. The Morgan fingerprint density at radius 1 is 1.40 bits per heavy atom. The van der Waals surface area contributed by atoms with Crippen molar-refractivity contribution in [2.24, 2.45) is 0 Å². The number of carbonyl (C=O) groups excluding carboxylic acids is 1. The zero-order valence-corrected chi connectivity index (χ0v) is 15.1. The van der Waals surface area contributed by atoms with Crippen molar-refractivity contribution in [2.75, 3.05) is 5.32 Å². The van der Waals surface area contributed by atoms with Crippen LogP contribution in [0, 0.1) is 10.1 Å². The number of hydrogen-bond donors (Lipinski definition) is 1. The minimum absolute atomic E-state index is 0.0519. The molecule has 1 N–H and O–H groups in total. The molecule has 0 radical (unpaired) electrons. The summed E-state index contributed by atoms with van der Waals surface area (Å²) in [6.07, 6.45) is 6.93. The lowest BCUT2D eigenvalue weighted by molar-refractivity contribution is -0.384. The summed E-state index contributed by atoms with van der Waals surface area (Å²) in [5.74, 6) is -0.381. The molecule has 2 rings (SSSR count). The van der Waals surface area contributed by atoms with E-state index in [9.17, 15) is 14.9 Å². The Balaban J connectivity index is 1.95. The molecule has 0 aliphatic heterocycles. The van der Waals surface area contributed by atoms with E-state index in [4.69, 9.17) is 11.6 Å². The third-order valence-electron chi connectivity index (χ3n) is 3.29. The number of hydrogen-bond acceptors (Lipinski definition) is 6. The minimum atomic E-state index is -0.568. The van der Waals surface area contributed by atoms with Crippen molar-refractivity contribution >= 4 is 45.7 Å². The number of rotatable bonds is 8. The Morgan fingerprint density at radius 2 is 2.20 bits per heavy atom. The van der Waals surface area contributed by atoms with E-state index in [1.165, 1.54) is 35.6 Å². The molecule has 0 saturated carbocycles. The molecule has 0 aliphatic rings. The van der Waals surface area contributed by atoms with Gasteiger partial charge in [-0.3, -0.25) is 20.2 Å². The van der Waals surface area contributed by atoms with Gasteiger partial charge in [-0.1, -0.05) is 48.8 Å². The first-order valence-electron chi connectivity index (χ1n) is 7.75. The van der Waals surface area contributed by atoms with E-state index >= 15 is 0 Å². The zero-order chi connectivity index (χ0) is 18.2. The molecule has 0 bridgehead atoms. The summed E-state index contributed by atoms with van der Waals surface area (Å²) in [6.45, 7) is 2.13. The lowest BCUT2D eigenvalue weighted by atomic mass is 10.2. The van der Waals surface area contributed by atoms with Gasteiger partial charge in [0.05, 0.1) is 4.92 Å². The highest BCUT2D eigenvalue weighted by molar-refractivity contribution is 7.15. The van der Waals surface area contributed by atoms with Gasteiger partial charge in [0.25, 0.3) is 5.69 Å². The van der Waals surface area contributed by atoms with Crippen molar-refractivity contribution in [1.29, 1.82) is 0 Å². The number of nitro groups is 1. The van der Waals surface area contributed by atoms with Crippen LogP contribution in [0.15, 0.2) is 24.3 Å². The van der Waals surface area contributed by atoms with Crippen molar-refractivity contribution in [2.45, 2.75) is 32.6 Å². The van der Waals surface area contributed by atoms with E-state index in [2.05, 4.69) is 22.4 Å². The molecule has 0 saturated heterocycles. The molecule has 1 amide bonds. The quantitative estimate of drug-likeness (QED) is 0.315. The van der Waals surface area contributed by atoms with Crippen LogP contribution < -0.4 is 5.32 Å². The fourth-order valence-electron chi connectivity index (χ4n) is 2.02. The van der Waals surface area contributed by atoms with Crippen molar-refractivity contribution < 1.29 is 9.72 Å². The van der Waals surface area contributed by atoms with E-state index in [1.54, 1.807) is 6.07 Å². The zero-order valence-electron chi connectivity index (χ0n) is 13.6. The number of amides is 1. The molecule has 1 heterocycles. The summed E-state index contributed by atoms with van der Waals surface area (Å²) in [5.41, 5.74) is 0.300. The van der Waals surface area contributed by atoms with Gasteiger partial charge in [0.1, 0.15) is 10.0 Å². The van der Waals surface area contributed by atoms with Gasteiger partial charge in [-0.15, -0.1) is 10.2 Å². The first-order chi connectivity index (χ1) is 12.0. The molecule has 1 aromatic heterocycles. The number of aromatic nitrogens is 2. The van der Waals surface area contributed by atoms with Crippen LogP contribution in [0.25, 0.3) is 6.08 Å². The predicted octanol–water partition coefficient (Wildman–Crippen LogP) is 4.48. The molecule has 0 unspecified atom stereocenters. The average molecular weight is 381 g/mol. The molecule has 1 aromatic carbocycles. The van der Waals surface area contributed by atoms with Gasteiger partial charge in [-0.25, -0.2) is 0 Å². The number of anilines is 1. The summed E-state index contributed by atoms with van der Waals surface area (Å²) in [5, 5.41) is 22.8. The predicted molar refractivity (Wildman–Crippen MR) is 98.9 cm³/mol. The molecule has 7 nitrogen and oxygen atoms in total. The van der Waals surface area contributed by atoms with E-state index in [1.807, 2.05) is 0 Å². The maximum absolute atomic E-state index is 11.9. The number of unbranched alkanes of at least 4 members (excludes halogenated alkanes) is 2. The van der Waals surface area contributed by atoms with E-state index < -0.39 is 4.92 Å². The van der Waals surface area contributed by atoms with Crippen molar-refractivity contribution in [3.8, 4) is 0 Å². The summed E-state index contributed by atoms with van der Waals surface area (Å²) < 4.78 is 0. The number of aryl methyl sites for hydroxylation is 1. The molecule has 0 aliphatic carbocycles. The monoisotopic (exact) mass is 380 g/mol. The third-order valence-corrected chi connectivity index (χ3v) is 4.50. The van der Waals surface area contributed by atoms with E-state index in [-0.39, 0.29) is 16.6 Å². The molecular formula is C16H17ClN4O3S. The maximum atomic E-state index is 11.9. The number of halogens is 1. The number of benzene rings is 1. The fraction of sp³-hybridized carbons (Fsp3) is 0.312. The molecule has 25 heavy (non-hydrogen) atoms. The van der Waals surface area contributed by atoms with Crippen LogP contribution >= 0.6 is 22.9 Å². The molecule has 0 atom stereocenters. The second-order valence-electron chi connectivity index (χ2n) is 5.25. The van der Waals surface area contributed by atoms with Crippen molar-refractivity contribution in [3.63, 3.8) is 0 Å². The number of nitro benzene ring substituents is 1. The first kappa shape index (κ1) is 19.0. The number of carbonyl (C=O) groups is 1. The van der Waals surface area contributed by atoms with Gasteiger partial charge in [-0.2, -0.15) is 0 Å². The molecule has 2 aromatic rings. The second kappa shape index (κ2) is 9.24. The van der Waals surface area contributed by atoms with Crippen LogP contribution in [0.2, 0.25) is 5.02 Å². The summed E-state index contributed by atoms with van der Waals surface area (Å²) in [7, 11) is 0. The van der Waals surface area contributed by atoms with Gasteiger partial charge in [0, 0.05) is 18.6 Å². The highest BCUT2D eigenvalue weighted by Crippen LogP contribution is 2.25. The van der Waals surface area contributed by atoms with Gasteiger partial charge in [0.2, 0.25) is 11.0 Å². The van der Waals surface area contributed by atoms with Crippen LogP contribution in [-0.2, 0) is 11.2 Å². The molecule has 0 spiro atoms. The first-order valence-corrected chi connectivity index (χ1v) is 8.94. The molecular weight excluding hydrogens is 364 g/mol. The highest BCUT2D eigenvalue weighted by atomic mass is 35.5. The number of nitrogens with one attached hydrogen (secondary N) is 1. The summed E-state index contributed by atoms with van der Waals surface area (Å²) in [4.78, 5) is 22.2. The van der Waals surface area contributed by atoms with Gasteiger partial charge in [0.15, 0.2) is 0 Å². The van der Waals surface area contributed by atoms with Crippen LogP contribution in [0.3, 0.4) is 0 Å². The largest absolute Gasteiger partial charge is 0.297 e. The van der Waals surface area contributed by atoms with Crippen LogP contribution in [0.5, 0.6) is 0 Å². The van der Waals surface area contributed by atoms with Crippen LogP contribution in [-0.4, -0.2) is 21.0 Å². The minimum Gasteiger partial charge on any atom is -0.297 e. The highest BCUT2D eigenvalue weighted by Gasteiger charge is 2.12. The summed E-state index contributed by atoms with van der Waals surface area (Å²) in [6, 6.07) is 4.32. The Labute approximate surface area is 153 Å². The summed E-state index contributed by atoms with van der Waals surface area (Å²) >= 11 is 7.10. The smallest absolute Gasteiger partial charge is 0.288 e. The maximum Gasteiger partial charge on any atom is 0.288 e. The molecule has 9 heteroatoms. The Morgan fingerprint density at radius 3 is 2.92 bits per heavy atom. The standard InChI is InChI=1S/C16H17ClN4O3S/c1-2-3-4-5-15-19-20-16(25-15)18-14(22)9-7-11-6-8-12(17)13(10-11)21(23)24/h6-10H,2-5H2,1H3,(H,18,20,22)/b9-7+. The topological polar surface area (TPSA) is 98.0 Å². The Hall–Kier alpha value is -2.32. The average Bonchev–Trinajstić information content (AvgIpc) is 3.01. The van der Waals surface area contributed by atoms with Gasteiger partial charge >= 0.3 is 0 Å². The SMILES string of the molecule is CCCCCc1nnc(NC(=O)/C=C/c2ccc(Cl)c([N+](=O)[O-])c2)s1. The lowest BCUT2D eigenvalue weighted by Gasteiger charge is -1.98. The van der Waals surface area contributed by atoms with Crippen molar-refractivity contribution in [3.05, 3.63) is 50.0 Å². The van der Waals surface area contributed by atoms with Crippen LogP contribution in [0.1, 0.15) is 36.8 Å².